The van der Waals surface area contributed by atoms with E-state index in [1.807, 2.05) is 36.6 Å². The van der Waals surface area contributed by atoms with Crippen molar-refractivity contribution in [1.82, 2.24) is 9.88 Å². The number of hydrogen-bond acceptors (Lipinski definition) is 3. The monoisotopic (exact) mass is 515 g/mol. The van der Waals surface area contributed by atoms with Crippen LogP contribution in [-0.4, -0.2) is 22.4 Å². The van der Waals surface area contributed by atoms with E-state index in [-0.39, 0.29) is 11.3 Å². The third-order valence-electron chi connectivity index (χ3n) is 5.12. The molecule has 0 radical (unpaired) electrons. The van der Waals surface area contributed by atoms with Crippen LogP contribution in [0.2, 0.25) is 5.02 Å². The summed E-state index contributed by atoms with van der Waals surface area (Å²) in [7, 11) is 0. The highest BCUT2D eigenvalue weighted by molar-refractivity contribution is 9.10. The van der Waals surface area contributed by atoms with Gasteiger partial charge in [0.2, 0.25) is 0 Å². The normalized spacial score (nSPS) is 15.5. The molecule has 6 nitrogen and oxygen atoms in total. The Bertz CT molecular complexity index is 1310. The number of rotatable bonds is 3. The number of halogens is 3. The fourth-order valence-electron chi connectivity index (χ4n) is 3.59. The molecule has 0 spiro atoms. The Labute approximate surface area is 196 Å². The summed E-state index contributed by atoms with van der Waals surface area (Å²) < 4.78 is 16.0. The van der Waals surface area contributed by atoms with Crippen molar-refractivity contribution in [2.45, 2.75) is 13.8 Å². The highest BCUT2D eigenvalue weighted by atomic mass is 79.9. The second-order valence-corrected chi connectivity index (χ2v) is 8.46. The zero-order chi connectivity index (χ0) is 23.2. The van der Waals surface area contributed by atoms with Gasteiger partial charge in [-0.1, -0.05) is 11.6 Å². The lowest BCUT2D eigenvalue weighted by Crippen LogP contribution is -2.54. The Hall–Kier alpha value is -3.23. The largest absolute Gasteiger partial charge is 0.335 e. The van der Waals surface area contributed by atoms with Gasteiger partial charge in [0.05, 0.1) is 10.7 Å². The molecular formula is C23H16BrClFN3O3. The Morgan fingerprint density at radius 1 is 1.00 bits per heavy atom. The maximum absolute atomic E-state index is 13.3. The summed E-state index contributed by atoms with van der Waals surface area (Å²) in [6.45, 7) is 3.74. The minimum Gasteiger partial charge on any atom is -0.318 e. The number of barbiturate groups is 1. The van der Waals surface area contributed by atoms with E-state index in [0.29, 0.717) is 10.6 Å². The van der Waals surface area contributed by atoms with E-state index in [1.165, 1.54) is 18.2 Å². The molecule has 0 unspecified atom stereocenters. The molecular weight excluding hydrogens is 501 g/mol. The number of carbonyl (C=O) groups excluding carboxylic acids is 3. The van der Waals surface area contributed by atoms with Crippen LogP contribution in [0.1, 0.15) is 17.0 Å². The molecule has 0 atom stereocenters. The maximum Gasteiger partial charge on any atom is 0.335 e. The van der Waals surface area contributed by atoms with Crippen LogP contribution in [0.4, 0.5) is 14.9 Å². The molecule has 1 N–H and O–H groups in total. The second-order valence-electron chi connectivity index (χ2n) is 7.19. The van der Waals surface area contributed by atoms with Gasteiger partial charge in [-0.05, 0) is 89.9 Å². The van der Waals surface area contributed by atoms with Crippen LogP contribution in [0, 0.1) is 19.7 Å². The molecule has 0 aliphatic carbocycles. The molecule has 4 amide bonds. The van der Waals surface area contributed by atoms with E-state index < -0.39 is 23.7 Å². The minimum atomic E-state index is -0.890. The highest BCUT2D eigenvalue weighted by Gasteiger charge is 2.37. The zero-order valence-corrected chi connectivity index (χ0v) is 19.3. The lowest BCUT2D eigenvalue weighted by atomic mass is 10.1. The van der Waals surface area contributed by atoms with Gasteiger partial charge in [-0.25, -0.2) is 14.1 Å². The van der Waals surface area contributed by atoms with Crippen LogP contribution in [0.5, 0.6) is 0 Å². The number of nitrogens with one attached hydrogen (secondary N) is 1. The van der Waals surface area contributed by atoms with E-state index in [0.717, 1.165) is 38.6 Å². The third-order valence-corrected chi connectivity index (χ3v) is 6.35. The number of urea groups is 1. The van der Waals surface area contributed by atoms with Crippen molar-refractivity contribution in [2.75, 3.05) is 4.90 Å². The molecule has 1 aromatic heterocycles. The quantitative estimate of drug-likeness (QED) is 0.379. The topological polar surface area (TPSA) is 71.4 Å². The Balaban J connectivity index is 1.76. The zero-order valence-electron chi connectivity index (χ0n) is 16.9. The molecule has 1 saturated heterocycles. The first kappa shape index (κ1) is 22.0. The van der Waals surface area contributed by atoms with Crippen molar-refractivity contribution in [3.8, 4) is 5.69 Å². The van der Waals surface area contributed by atoms with Gasteiger partial charge in [0, 0.05) is 21.5 Å². The Morgan fingerprint density at radius 2 is 1.66 bits per heavy atom. The molecule has 3 aromatic rings. The van der Waals surface area contributed by atoms with Crippen molar-refractivity contribution in [1.29, 1.82) is 0 Å². The van der Waals surface area contributed by atoms with Gasteiger partial charge in [-0.3, -0.25) is 14.9 Å². The van der Waals surface area contributed by atoms with Gasteiger partial charge in [-0.15, -0.1) is 0 Å². The number of hydrogen-bond donors (Lipinski definition) is 1. The van der Waals surface area contributed by atoms with E-state index in [4.69, 9.17) is 11.6 Å². The summed E-state index contributed by atoms with van der Waals surface area (Å²) in [5.41, 5.74) is 3.04. The number of anilines is 1. The maximum atomic E-state index is 13.3. The number of nitrogens with zero attached hydrogens (tertiary/aromatic N) is 2. The number of benzene rings is 2. The Kier molecular flexibility index (Phi) is 5.75. The second kappa shape index (κ2) is 8.37. The van der Waals surface area contributed by atoms with Crippen molar-refractivity contribution in [3.63, 3.8) is 0 Å². The molecule has 9 heteroatoms. The van der Waals surface area contributed by atoms with Crippen LogP contribution >= 0.6 is 27.5 Å². The van der Waals surface area contributed by atoms with Gasteiger partial charge in [-0.2, -0.15) is 0 Å². The molecule has 1 aliphatic rings. The number of imide groups is 2. The molecule has 162 valence electrons. The molecule has 4 rings (SSSR count). The SMILES string of the molecule is Cc1cc(/C=C2\C(=O)NC(=O)N(c3ccc(F)cc3)C2=O)c(C)n1-c1ccc(Br)c(Cl)c1. The van der Waals surface area contributed by atoms with Crippen LogP contribution in [0.3, 0.4) is 0 Å². The minimum absolute atomic E-state index is 0.155. The van der Waals surface area contributed by atoms with E-state index in [2.05, 4.69) is 21.2 Å². The van der Waals surface area contributed by atoms with Crippen molar-refractivity contribution < 1.29 is 18.8 Å². The average Bonchev–Trinajstić information content (AvgIpc) is 3.01. The van der Waals surface area contributed by atoms with E-state index in [9.17, 15) is 18.8 Å². The molecule has 32 heavy (non-hydrogen) atoms. The van der Waals surface area contributed by atoms with Gasteiger partial charge < -0.3 is 4.57 Å². The van der Waals surface area contributed by atoms with Gasteiger partial charge in [0.15, 0.2) is 0 Å². The molecule has 1 fully saturated rings. The number of carbonyl (C=O) groups is 3. The van der Waals surface area contributed by atoms with Crippen LogP contribution in [0.25, 0.3) is 11.8 Å². The summed E-state index contributed by atoms with van der Waals surface area (Å²) in [5.74, 6) is -2.09. The summed E-state index contributed by atoms with van der Waals surface area (Å²) >= 11 is 9.61. The van der Waals surface area contributed by atoms with Gasteiger partial charge in [0.1, 0.15) is 11.4 Å². The Morgan fingerprint density at radius 3 is 2.31 bits per heavy atom. The lowest BCUT2D eigenvalue weighted by molar-refractivity contribution is -0.122. The first-order chi connectivity index (χ1) is 15.2. The highest BCUT2D eigenvalue weighted by Crippen LogP contribution is 2.29. The van der Waals surface area contributed by atoms with E-state index >= 15 is 0 Å². The number of amides is 4. The van der Waals surface area contributed by atoms with Crippen molar-refractivity contribution in [2.24, 2.45) is 0 Å². The summed E-state index contributed by atoms with van der Waals surface area (Å²) in [4.78, 5) is 38.6. The van der Waals surface area contributed by atoms with Gasteiger partial charge in [0.25, 0.3) is 11.8 Å². The predicted molar refractivity (Wildman–Crippen MR) is 123 cm³/mol. The lowest BCUT2D eigenvalue weighted by Gasteiger charge is -2.26. The standard InChI is InChI=1S/C23H16BrClFN3O3/c1-12-9-14(13(2)28(12)17-7-8-19(24)20(25)11-17)10-18-21(30)27-23(32)29(22(18)31)16-5-3-15(26)4-6-16/h3-11H,1-2H3,(H,27,30,32)/b18-10+. The first-order valence-corrected chi connectivity index (χ1v) is 10.7. The number of aryl methyl sites for hydroxylation is 1. The molecule has 1 aliphatic heterocycles. The summed E-state index contributed by atoms with van der Waals surface area (Å²) in [6.07, 6.45) is 1.44. The molecule has 2 heterocycles. The van der Waals surface area contributed by atoms with Crippen LogP contribution in [-0.2, 0) is 9.59 Å². The summed E-state index contributed by atoms with van der Waals surface area (Å²) in [6, 6.07) is 11.3. The molecule has 0 saturated carbocycles. The van der Waals surface area contributed by atoms with Gasteiger partial charge >= 0.3 is 6.03 Å². The van der Waals surface area contributed by atoms with Crippen LogP contribution in [0.15, 0.2) is 58.6 Å². The third kappa shape index (κ3) is 3.87. The predicted octanol–water partition coefficient (Wildman–Crippen LogP) is 5.32. The smallest absolute Gasteiger partial charge is 0.318 e. The number of aromatic nitrogens is 1. The fraction of sp³-hybridized carbons (Fsp3) is 0.0870. The fourth-order valence-corrected chi connectivity index (χ4v) is 4.01. The molecule has 0 bridgehead atoms. The first-order valence-electron chi connectivity index (χ1n) is 9.49. The summed E-state index contributed by atoms with van der Waals surface area (Å²) in [5, 5.41) is 2.71. The molecule has 2 aromatic carbocycles. The average molecular weight is 517 g/mol. The van der Waals surface area contributed by atoms with Crippen molar-refractivity contribution in [3.05, 3.63) is 86.4 Å². The van der Waals surface area contributed by atoms with Crippen molar-refractivity contribution >= 4 is 57.1 Å². The van der Waals surface area contributed by atoms with E-state index in [1.54, 1.807) is 6.07 Å². The van der Waals surface area contributed by atoms with Crippen LogP contribution < -0.4 is 10.2 Å².